The molecule has 3 rings (SSSR count). The number of thiocarbonyl (C=S) groups is 1. The molecule has 2 N–H and O–H groups in total. The standard InChI is InChI=1S/C18H21ClN4OS2/c1-2-22-7-9-23(10-8-22)15-6-5-13(12-14(15)19)20-18(25)21-17(24)16-4-3-11-26-16/h3-6,11-12H,2,7-10H2,1H3,(H2,20,21,24,25). The Hall–Kier alpha value is -1.67. The lowest BCUT2D eigenvalue weighted by atomic mass is 10.2. The maximum Gasteiger partial charge on any atom is 0.267 e. The summed E-state index contributed by atoms with van der Waals surface area (Å²) in [7, 11) is 0. The average molecular weight is 409 g/mol. The minimum absolute atomic E-state index is 0.214. The van der Waals surface area contributed by atoms with E-state index in [1.807, 2.05) is 29.6 Å². The normalized spacial score (nSPS) is 14.9. The lowest BCUT2D eigenvalue weighted by molar-refractivity contribution is 0.0981. The van der Waals surface area contributed by atoms with E-state index in [9.17, 15) is 4.79 Å². The molecule has 1 aliphatic heterocycles. The van der Waals surface area contributed by atoms with Crippen LogP contribution < -0.4 is 15.5 Å². The summed E-state index contributed by atoms with van der Waals surface area (Å²) in [6, 6.07) is 9.35. The number of halogens is 1. The van der Waals surface area contributed by atoms with Crippen molar-refractivity contribution in [1.82, 2.24) is 10.2 Å². The second-order valence-electron chi connectivity index (χ2n) is 5.97. The fourth-order valence-corrected chi connectivity index (χ4v) is 4.01. The highest BCUT2D eigenvalue weighted by atomic mass is 35.5. The molecule has 0 bridgehead atoms. The Morgan fingerprint density at radius 2 is 2.04 bits per heavy atom. The van der Waals surface area contributed by atoms with Crippen molar-refractivity contribution in [3.63, 3.8) is 0 Å². The Morgan fingerprint density at radius 1 is 1.27 bits per heavy atom. The number of rotatable bonds is 4. The molecule has 0 spiro atoms. The summed E-state index contributed by atoms with van der Waals surface area (Å²) in [5, 5.41) is 8.47. The molecule has 8 heteroatoms. The van der Waals surface area contributed by atoms with Gasteiger partial charge in [-0.25, -0.2) is 0 Å². The quantitative estimate of drug-likeness (QED) is 0.756. The highest BCUT2D eigenvalue weighted by molar-refractivity contribution is 7.80. The molecule has 2 aromatic rings. The van der Waals surface area contributed by atoms with Crippen molar-refractivity contribution in [2.45, 2.75) is 6.92 Å². The Bertz CT molecular complexity index is 774. The molecular formula is C18H21ClN4OS2. The zero-order valence-electron chi connectivity index (χ0n) is 14.5. The van der Waals surface area contributed by atoms with Gasteiger partial charge in [0.2, 0.25) is 0 Å². The van der Waals surface area contributed by atoms with E-state index < -0.39 is 0 Å². The van der Waals surface area contributed by atoms with Crippen LogP contribution >= 0.6 is 35.2 Å². The summed E-state index contributed by atoms with van der Waals surface area (Å²) >= 11 is 13.1. The first-order chi connectivity index (χ1) is 12.6. The van der Waals surface area contributed by atoms with Gasteiger partial charge in [-0.1, -0.05) is 24.6 Å². The molecule has 2 heterocycles. The van der Waals surface area contributed by atoms with Crippen LogP contribution in [0.1, 0.15) is 16.6 Å². The molecule has 0 unspecified atom stereocenters. The lowest BCUT2D eigenvalue weighted by Gasteiger charge is -2.36. The van der Waals surface area contributed by atoms with Crippen LogP contribution in [0.25, 0.3) is 0 Å². The van der Waals surface area contributed by atoms with Gasteiger partial charge in [0.1, 0.15) is 0 Å². The first-order valence-corrected chi connectivity index (χ1v) is 10.2. The summed E-state index contributed by atoms with van der Waals surface area (Å²) in [4.78, 5) is 17.4. The third-order valence-electron chi connectivity index (χ3n) is 4.34. The molecule has 0 aliphatic carbocycles. The van der Waals surface area contributed by atoms with E-state index in [0.717, 1.165) is 44.1 Å². The van der Waals surface area contributed by atoms with E-state index in [4.69, 9.17) is 23.8 Å². The van der Waals surface area contributed by atoms with Crippen molar-refractivity contribution in [2.24, 2.45) is 0 Å². The highest BCUT2D eigenvalue weighted by Crippen LogP contribution is 2.29. The van der Waals surface area contributed by atoms with E-state index in [1.54, 1.807) is 6.07 Å². The molecule has 1 saturated heterocycles. The highest BCUT2D eigenvalue weighted by Gasteiger charge is 2.18. The molecule has 1 fully saturated rings. The maximum atomic E-state index is 12.0. The van der Waals surface area contributed by atoms with Crippen molar-refractivity contribution in [2.75, 3.05) is 42.9 Å². The smallest absolute Gasteiger partial charge is 0.267 e. The number of carbonyl (C=O) groups is 1. The number of hydrogen-bond acceptors (Lipinski definition) is 5. The topological polar surface area (TPSA) is 47.6 Å². The van der Waals surface area contributed by atoms with Crippen molar-refractivity contribution >= 4 is 57.5 Å². The SMILES string of the molecule is CCN1CCN(c2ccc(NC(=S)NC(=O)c3cccs3)cc2Cl)CC1. The predicted octanol–water partition coefficient (Wildman–Crippen LogP) is 3.67. The van der Waals surface area contributed by atoms with Crippen LogP contribution in [-0.2, 0) is 0 Å². The Morgan fingerprint density at radius 3 is 2.65 bits per heavy atom. The molecule has 0 atom stereocenters. The van der Waals surface area contributed by atoms with E-state index >= 15 is 0 Å². The second kappa shape index (κ2) is 8.81. The van der Waals surface area contributed by atoms with Gasteiger partial charge in [0, 0.05) is 31.9 Å². The van der Waals surface area contributed by atoms with Gasteiger partial charge in [-0.05, 0) is 48.4 Å². The van der Waals surface area contributed by atoms with Crippen LogP contribution in [0.2, 0.25) is 5.02 Å². The average Bonchev–Trinajstić information content (AvgIpc) is 3.17. The van der Waals surface area contributed by atoms with Gasteiger partial charge in [-0.15, -0.1) is 11.3 Å². The summed E-state index contributed by atoms with van der Waals surface area (Å²) in [6.07, 6.45) is 0. The van der Waals surface area contributed by atoms with E-state index in [1.165, 1.54) is 11.3 Å². The van der Waals surface area contributed by atoms with E-state index in [-0.39, 0.29) is 11.0 Å². The lowest BCUT2D eigenvalue weighted by Crippen LogP contribution is -2.46. The Balaban J connectivity index is 1.59. The van der Waals surface area contributed by atoms with Crippen molar-refractivity contribution in [3.8, 4) is 0 Å². The van der Waals surface area contributed by atoms with Crippen LogP contribution in [0.5, 0.6) is 0 Å². The predicted molar refractivity (Wildman–Crippen MR) is 114 cm³/mol. The molecule has 26 heavy (non-hydrogen) atoms. The number of piperazine rings is 1. The third-order valence-corrected chi connectivity index (χ3v) is 5.71. The van der Waals surface area contributed by atoms with Gasteiger partial charge in [0.15, 0.2) is 5.11 Å². The molecule has 138 valence electrons. The molecule has 1 amide bonds. The molecule has 0 radical (unpaired) electrons. The van der Waals surface area contributed by atoms with E-state index in [0.29, 0.717) is 9.90 Å². The van der Waals surface area contributed by atoms with Gasteiger partial charge in [0.05, 0.1) is 15.6 Å². The van der Waals surface area contributed by atoms with Gasteiger partial charge >= 0.3 is 0 Å². The van der Waals surface area contributed by atoms with Crippen LogP contribution in [-0.4, -0.2) is 48.6 Å². The number of thiophene rings is 1. The molecule has 5 nitrogen and oxygen atoms in total. The molecular weight excluding hydrogens is 388 g/mol. The Labute approximate surface area is 167 Å². The number of nitrogens with zero attached hydrogens (tertiary/aromatic N) is 2. The van der Waals surface area contributed by atoms with Crippen molar-refractivity contribution in [3.05, 3.63) is 45.6 Å². The summed E-state index contributed by atoms with van der Waals surface area (Å²) in [5.74, 6) is -0.214. The number of anilines is 2. The number of nitrogens with one attached hydrogen (secondary N) is 2. The third kappa shape index (κ3) is 4.73. The maximum absolute atomic E-state index is 12.0. The first-order valence-electron chi connectivity index (χ1n) is 8.49. The molecule has 1 aromatic carbocycles. The van der Waals surface area contributed by atoms with Gasteiger partial charge in [-0.2, -0.15) is 0 Å². The largest absolute Gasteiger partial charge is 0.368 e. The first kappa shape index (κ1) is 19.1. The zero-order valence-corrected chi connectivity index (χ0v) is 16.9. The second-order valence-corrected chi connectivity index (χ2v) is 7.74. The van der Waals surface area contributed by atoms with Gasteiger partial charge in [-0.3, -0.25) is 10.1 Å². The number of hydrogen-bond donors (Lipinski definition) is 2. The minimum Gasteiger partial charge on any atom is -0.368 e. The molecule has 1 aromatic heterocycles. The fraction of sp³-hybridized carbons (Fsp3) is 0.333. The van der Waals surface area contributed by atoms with Gasteiger partial charge < -0.3 is 15.1 Å². The fourth-order valence-electron chi connectivity index (χ4n) is 2.88. The molecule has 1 aliphatic rings. The van der Waals surface area contributed by atoms with Gasteiger partial charge in [0.25, 0.3) is 5.91 Å². The van der Waals surface area contributed by atoms with E-state index in [2.05, 4.69) is 27.4 Å². The number of amides is 1. The summed E-state index contributed by atoms with van der Waals surface area (Å²) in [6.45, 7) is 7.30. The minimum atomic E-state index is -0.214. The van der Waals surface area contributed by atoms with Crippen LogP contribution in [0, 0.1) is 0 Å². The zero-order chi connectivity index (χ0) is 18.5. The van der Waals surface area contributed by atoms with Crippen molar-refractivity contribution < 1.29 is 4.79 Å². The van der Waals surface area contributed by atoms with Crippen LogP contribution in [0.15, 0.2) is 35.7 Å². The number of benzene rings is 1. The summed E-state index contributed by atoms with van der Waals surface area (Å²) < 4.78 is 0. The van der Waals surface area contributed by atoms with Crippen molar-refractivity contribution in [1.29, 1.82) is 0 Å². The number of likely N-dealkylation sites (N-methyl/N-ethyl adjacent to an activating group) is 1. The Kier molecular flexibility index (Phi) is 6.48. The summed E-state index contributed by atoms with van der Waals surface area (Å²) in [5.41, 5.74) is 1.78. The van der Waals surface area contributed by atoms with Crippen LogP contribution in [0.4, 0.5) is 11.4 Å². The van der Waals surface area contributed by atoms with Crippen LogP contribution in [0.3, 0.4) is 0 Å². The molecule has 0 saturated carbocycles. The monoisotopic (exact) mass is 408 g/mol. The number of carbonyl (C=O) groups excluding carboxylic acids is 1.